The van der Waals surface area contributed by atoms with Crippen molar-refractivity contribution in [3.8, 4) is 0 Å². The highest BCUT2D eigenvalue weighted by Crippen LogP contribution is 2.20. The first-order valence-electron chi connectivity index (χ1n) is 4.22. The van der Waals surface area contributed by atoms with Crippen LogP contribution >= 0.6 is 23.2 Å². The second-order valence-corrected chi connectivity index (χ2v) is 3.45. The quantitative estimate of drug-likeness (QED) is 0.258. The standard InChI is InChI=1S/C9H8Cl2N4/c10-8-5-7(6-13-9(8)11)3-1-2-4-14-15-12/h1,3,5-6H,2,4H2. The van der Waals surface area contributed by atoms with Crippen LogP contribution in [-0.2, 0) is 0 Å². The Kier molecular flexibility index (Phi) is 4.98. The molecule has 15 heavy (non-hydrogen) atoms. The summed E-state index contributed by atoms with van der Waals surface area (Å²) in [6.07, 6.45) is 6.04. The molecule has 1 aromatic heterocycles. The molecule has 1 aromatic rings. The van der Waals surface area contributed by atoms with E-state index in [1.165, 1.54) is 0 Å². The zero-order valence-electron chi connectivity index (χ0n) is 7.77. The summed E-state index contributed by atoms with van der Waals surface area (Å²) >= 11 is 11.4. The summed E-state index contributed by atoms with van der Waals surface area (Å²) in [6.45, 7) is 0.446. The topological polar surface area (TPSA) is 61.7 Å². The molecule has 1 heterocycles. The fourth-order valence-electron chi connectivity index (χ4n) is 0.924. The van der Waals surface area contributed by atoms with Crippen molar-refractivity contribution in [2.24, 2.45) is 5.11 Å². The van der Waals surface area contributed by atoms with E-state index in [0.29, 0.717) is 23.1 Å². The number of aromatic nitrogens is 1. The molecule has 0 spiro atoms. The molecule has 0 aliphatic carbocycles. The van der Waals surface area contributed by atoms with Crippen LogP contribution in [0.2, 0.25) is 10.2 Å². The minimum atomic E-state index is 0.294. The second kappa shape index (κ2) is 6.30. The number of nitrogens with zero attached hydrogens (tertiary/aromatic N) is 4. The van der Waals surface area contributed by atoms with Crippen molar-refractivity contribution in [2.45, 2.75) is 6.42 Å². The molecule has 0 N–H and O–H groups in total. The van der Waals surface area contributed by atoms with Crippen molar-refractivity contribution in [2.75, 3.05) is 6.54 Å². The van der Waals surface area contributed by atoms with Crippen LogP contribution in [0.25, 0.3) is 16.5 Å². The summed E-state index contributed by atoms with van der Waals surface area (Å²) < 4.78 is 0. The van der Waals surface area contributed by atoms with Gasteiger partial charge in [-0.15, -0.1) is 0 Å². The summed E-state index contributed by atoms with van der Waals surface area (Å²) in [6, 6.07) is 1.72. The van der Waals surface area contributed by atoms with Crippen molar-refractivity contribution in [1.29, 1.82) is 0 Å². The van der Waals surface area contributed by atoms with Crippen LogP contribution in [0.4, 0.5) is 0 Å². The lowest BCUT2D eigenvalue weighted by Gasteiger charge is -1.96. The molecule has 0 aliphatic rings. The van der Waals surface area contributed by atoms with E-state index in [0.717, 1.165) is 5.56 Å². The maximum atomic E-state index is 8.04. The lowest BCUT2D eigenvalue weighted by atomic mass is 10.2. The molecule has 0 aliphatic heterocycles. The van der Waals surface area contributed by atoms with Gasteiger partial charge in [-0.2, -0.15) is 0 Å². The maximum Gasteiger partial charge on any atom is 0.147 e. The Balaban J connectivity index is 2.56. The number of hydrogen-bond donors (Lipinski definition) is 0. The number of halogens is 2. The fraction of sp³-hybridized carbons (Fsp3) is 0.222. The SMILES string of the molecule is [N-]=[N+]=NCCC=Cc1cnc(Cl)c(Cl)c1. The van der Waals surface area contributed by atoms with Crippen LogP contribution in [0.5, 0.6) is 0 Å². The largest absolute Gasteiger partial charge is 0.242 e. The van der Waals surface area contributed by atoms with Crippen molar-refractivity contribution < 1.29 is 0 Å². The minimum absolute atomic E-state index is 0.294. The van der Waals surface area contributed by atoms with Gasteiger partial charge < -0.3 is 0 Å². The average molecular weight is 243 g/mol. The third kappa shape index (κ3) is 4.21. The van der Waals surface area contributed by atoms with E-state index in [2.05, 4.69) is 15.0 Å². The van der Waals surface area contributed by atoms with Gasteiger partial charge in [0.1, 0.15) is 5.15 Å². The first kappa shape index (κ1) is 11.9. The van der Waals surface area contributed by atoms with Crippen molar-refractivity contribution >= 4 is 29.3 Å². The van der Waals surface area contributed by atoms with Gasteiger partial charge in [-0.05, 0) is 23.6 Å². The van der Waals surface area contributed by atoms with Crippen LogP contribution in [0, 0.1) is 0 Å². The molecular weight excluding hydrogens is 235 g/mol. The number of pyridine rings is 1. The van der Waals surface area contributed by atoms with E-state index in [1.807, 2.05) is 12.2 Å². The highest BCUT2D eigenvalue weighted by atomic mass is 35.5. The molecule has 0 fully saturated rings. The Hall–Kier alpha value is -1.22. The van der Waals surface area contributed by atoms with Crippen molar-refractivity contribution in [3.05, 3.63) is 44.5 Å². The molecule has 0 radical (unpaired) electrons. The average Bonchev–Trinajstić information content (AvgIpc) is 2.23. The zero-order chi connectivity index (χ0) is 11.1. The van der Waals surface area contributed by atoms with Gasteiger partial charge in [0.15, 0.2) is 0 Å². The molecule has 0 bridgehead atoms. The van der Waals surface area contributed by atoms with Gasteiger partial charge in [-0.1, -0.05) is 40.5 Å². The Morgan fingerprint density at radius 3 is 3.00 bits per heavy atom. The van der Waals surface area contributed by atoms with E-state index in [4.69, 9.17) is 28.7 Å². The third-order valence-electron chi connectivity index (χ3n) is 1.59. The smallest absolute Gasteiger partial charge is 0.147 e. The normalized spacial score (nSPS) is 10.3. The van der Waals surface area contributed by atoms with Crippen LogP contribution in [0.3, 0.4) is 0 Å². The molecule has 4 nitrogen and oxygen atoms in total. The highest BCUT2D eigenvalue weighted by Gasteiger charge is 1.97. The van der Waals surface area contributed by atoms with Gasteiger partial charge in [-0.25, -0.2) is 4.98 Å². The first-order chi connectivity index (χ1) is 7.24. The van der Waals surface area contributed by atoms with Crippen molar-refractivity contribution in [3.63, 3.8) is 0 Å². The van der Waals surface area contributed by atoms with Crippen LogP contribution in [0.1, 0.15) is 12.0 Å². The Morgan fingerprint density at radius 2 is 2.33 bits per heavy atom. The van der Waals surface area contributed by atoms with Gasteiger partial charge in [0.2, 0.25) is 0 Å². The van der Waals surface area contributed by atoms with Crippen LogP contribution in [-0.4, -0.2) is 11.5 Å². The molecule has 0 aromatic carbocycles. The Bertz CT molecular complexity index is 411. The molecule has 0 atom stereocenters. The lowest BCUT2D eigenvalue weighted by Crippen LogP contribution is -1.80. The van der Waals surface area contributed by atoms with Crippen LogP contribution in [0.15, 0.2) is 23.5 Å². The second-order valence-electron chi connectivity index (χ2n) is 2.69. The molecule has 1 rings (SSSR count). The number of hydrogen-bond acceptors (Lipinski definition) is 2. The third-order valence-corrected chi connectivity index (χ3v) is 2.27. The molecule has 0 amide bonds. The molecule has 78 valence electrons. The lowest BCUT2D eigenvalue weighted by molar-refractivity contribution is 0.995. The van der Waals surface area contributed by atoms with Crippen molar-refractivity contribution in [1.82, 2.24) is 4.98 Å². The molecule has 0 saturated carbocycles. The van der Waals surface area contributed by atoms with E-state index < -0.39 is 0 Å². The van der Waals surface area contributed by atoms with Gasteiger partial charge in [0.25, 0.3) is 0 Å². The minimum Gasteiger partial charge on any atom is -0.242 e. The van der Waals surface area contributed by atoms with E-state index in [-0.39, 0.29) is 0 Å². The first-order valence-corrected chi connectivity index (χ1v) is 4.98. The maximum absolute atomic E-state index is 8.04. The highest BCUT2D eigenvalue weighted by molar-refractivity contribution is 6.41. The molecule has 6 heteroatoms. The number of rotatable bonds is 4. The predicted octanol–water partition coefficient (Wildman–Crippen LogP) is 4.10. The summed E-state index contributed by atoms with van der Waals surface area (Å²) in [5, 5.41) is 4.12. The molecule has 0 saturated heterocycles. The molecule has 0 unspecified atom stereocenters. The summed E-state index contributed by atoms with van der Waals surface area (Å²) in [7, 11) is 0. The van der Waals surface area contributed by atoms with Gasteiger partial charge in [-0.3, -0.25) is 0 Å². The predicted molar refractivity (Wildman–Crippen MR) is 61.9 cm³/mol. The zero-order valence-corrected chi connectivity index (χ0v) is 9.28. The summed E-state index contributed by atoms with van der Waals surface area (Å²) in [5.74, 6) is 0. The van der Waals surface area contributed by atoms with Gasteiger partial charge in [0.05, 0.1) is 5.02 Å². The van der Waals surface area contributed by atoms with Crippen LogP contribution < -0.4 is 0 Å². The van der Waals surface area contributed by atoms with E-state index >= 15 is 0 Å². The monoisotopic (exact) mass is 242 g/mol. The van der Waals surface area contributed by atoms with Gasteiger partial charge >= 0.3 is 0 Å². The van der Waals surface area contributed by atoms with Gasteiger partial charge in [0, 0.05) is 17.7 Å². The molecular formula is C9H8Cl2N4. The fourth-order valence-corrected chi connectivity index (χ4v) is 1.20. The summed E-state index contributed by atoms with van der Waals surface area (Å²) in [4.78, 5) is 6.54. The Labute approximate surface area is 97.2 Å². The summed E-state index contributed by atoms with van der Waals surface area (Å²) in [5.41, 5.74) is 8.91. The van der Waals surface area contributed by atoms with E-state index in [9.17, 15) is 0 Å². The number of azide groups is 1. The van der Waals surface area contributed by atoms with E-state index in [1.54, 1.807) is 12.3 Å². The Morgan fingerprint density at radius 1 is 1.53 bits per heavy atom.